The number of nitrogens with one attached hydrogen (secondary N) is 1. The monoisotopic (exact) mass is 251 g/mol. The fourth-order valence-electron chi connectivity index (χ4n) is 2.03. The zero-order chi connectivity index (χ0) is 13.4. The first kappa shape index (κ1) is 14.8. The summed E-state index contributed by atoms with van der Waals surface area (Å²) >= 11 is 0. The van der Waals surface area contributed by atoms with Crippen molar-refractivity contribution in [1.82, 2.24) is 5.32 Å². The van der Waals surface area contributed by atoms with E-state index in [1.807, 2.05) is 18.2 Å². The molecule has 1 aromatic carbocycles. The van der Waals surface area contributed by atoms with Crippen LogP contribution in [0.4, 0.5) is 0 Å². The molecule has 0 saturated carbocycles. The molecule has 0 heterocycles. The Morgan fingerprint density at radius 3 is 2.28 bits per heavy atom. The van der Waals surface area contributed by atoms with Gasteiger partial charge in [0.1, 0.15) is 11.5 Å². The van der Waals surface area contributed by atoms with Crippen LogP contribution in [0, 0.1) is 0 Å². The second-order valence-corrected chi connectivity index (χ2v) is 4.53. The molecule has 0 amide bonds. The van der Waals surface area contributed by atoms with Gasteiger partial charge in [0.2, 0.25) is 0 Å². The van der Waals surface area contributed by atoms with Crippen LogP contribution in [0.3, 0.4) is 0 Å². The summed E-state index contributed by atoms with van der Waals surface area (Å²) in [4.78, 5) is 0. The van der Waals surface area contributed by atoms with Crippen molar-refractivity contribution < 1.29 is 9.47 Å². The highest BCUT2D eigenvalue weighted by Gasteiger charge is 2.11. The van der Waals surface area contributed by atoms with Gasteiger partial charge in [0.05, 0.1) is 14.2 Å². The average molecular weight is 251 g/mol. The Bertz CT molecular complexity index is 330. The maximum atomic E-state index is 5.40. The van der Waals surface area contributed by atoms with Crippen LogP contribution in [-0.4, -0.2) is 26.8 Å². The molecule has 0 aliphatic rings. The molecular weight excluding hydrogens is 226 g/mol. The number of hydrogen-bond acceptors (Lipinski definition) is 3. The van der Waals surface area contributed by atoms with Crippen molar-refractivity contribution in [2.75, 3.05) is 20.8 Å². The molecule has 102 valence electrons. The molecule has 1 aromatic rings. The normalized spacial score (nSPS) is 12.2. The van der Waals surface area contributed by atoms with Crippen molar-refractivity contribution in [2.45, 2.75) is 39.2 Å². The van der Waals surface area contributed by atoms with Gasteiger partial charge in [-0.1, -0.05) is 13.0 Å². The SMILES string of the molecule is CCCNC(C)CCc1c(OC)cccc1OC. The first-order valence-corrected chi connectivity index (χ1v) is 6.66. The Kier molecular flexibility index (Phi) is 6.58. The average Bonchev–Trinajstić information content (AvgIpc) is 2.42. The zero-order valence-corrected chi connectivity index (χ0v) is 12.0. The fourth-order valence-corrected chi connectivity index (χ4v) is 2.03. The van der Waals surface area contributed by atoms with Crippen molar-refractivity contribution in [1.29, 1.82) is 0 Å². The molecule has 0 spiro atoms. The fraction of sp³-hybridized carbons (Fsp3) is 0.600. The quantitative estimate of drug-likeness (QED) is 0.770. The van der Waals surface area contributed by atoms with Crippen molar-refractivity contribution in [2.24, 2.45) is 0 Å². The Labute approximate surface area is 110 Å². The maximum absolute atomic E-state index is 5.40. The van der Waals surface area contributed by atoms with E-state index in [1.54, 1.807) is 14.2 Å². The third-order valence-electron chi connectivity index (χ3n) is 3.10. The van der Waals surface area contributed by atoms with Crippen LogP contribution in [-0.2, 0) is 6.42 Å². The van der Waals surface area contributed by atoms with Gasteiger partial charge in [-0.2, -0.15) is 0 Å². The lowest BCUT2D eigenvalue weighted by molar-refractivity contribution is 0.382. The van der Waals surface area contributed by atoms with Crippen LogP contribution < -0.4 is 14.8 Å². The molecule has 3 heteroatoms. The standard InChI is InChI=1S/C15H25NO2/c1-5-11-16-12(2)9-10-13-14(17-3)7-6-8-15(13)18-4/h6-8,12,16H,5,9-11H2,1-4H3. The Balaban J connectivity index is 2.65. The number of hydrogen-bond donors (Lipinski definition) is 1. The van der Waals surface area contributed by atoms with Crippen molar-refractivity contribution in [3.63, 3.8) is 0 Å². The van der Waals surface area contributed by atoms with E-state index in [4.69, 9.17) is 9.47 Å². The van der Waals surface area contributed by atoms with Crippen LogP contribution >= 0.6 is 0 Å². The van der Waals surface area contributed by atoms with E-state index in [-0.39, 0.29) is 0 Å². The Hall–Kier alpha value is -1.22. The second kappa shape index (κ2) is 7.98. The van der Waals surface area contributed by atoms with Gasteiger partial charge >= 0.3 is 0 Å². The Morgan fingerprint density at radius 1 is 1.17 bits per heavy atom. The van der Waals surface area contributed by atoms with Gasteiger partial charge in [-0.05, 0) is 44.9 Å². The minimum Gasteiger partial charge on any atom is -0.496 e. The predicted octanol–water partition coefficient (Wildman–Crippen LogP) is 3.02. The summed E-state index contributed by atoms with van der Waals surface area (Å²) in [5.74, 6) is 1.83. The van der Waals surface area contributed by atoms with E-state index in [0.29, 0.717) is 6.04 Å². The maximum Gasteiger partial charge on any atom is 0.125 e. The highest BCUT2D eigenvalue weighted by Crippen LogP contribution is 2.29. The van der Waals surface area contributed by atoms with E-state index in [2.05, 4.69) is 19.2 Å². The van der Waals surface area contributed by atoms with E-state index in [1.165, 1.54) is 6.42 Å². The summed E-state index contributed by atoms with van der Waals surface area (Å²) in [6.07, 6.45) is 3.21. The molecule has 0 aromatic heterocycles. The minimum absolute atomic E-state index is 0.513. The van der Waals surface area contributed by atoms with Crippen molar-refractivity contribution >= 4 is 0 Å². The van der Waals surface area contributed by atoms with Crippen LogP contribution in [0.1, 0.15) is 32.3 Å². The summed E-state index contributed by atoms with van der Waals surface area (Å²) in [5.41, 5.74) is 1.16. The lowest BCUT2D eigenvalue weighted by Gasteiger charge is -2.16. The van der Waals surface area contributed by atoms with Gasteiger partial charge in [-0.3, -0.25) is 0 Å². The molecule has 0 fully saturated rings. The topological polar surface area (TPSA) is 30.5 Å². The van der Waals surface area contributed by atoms with Crippen molar-refractivity contribution in [3.8, 4) is 11.5 Å². The van der Waals surface area contributed by atoms with Crippen LogP contribution in [0.2, 0.25) is 0 Å². The van der Waals surface area contributed by atoms with E-state index < -0.39 is 0 Å². The molecule has 1 N–H and O–H groups in total. The lowest BCUT2D eigenvalue weighted by atomic mass is 10.0. The number of rotatable bonds is 8. The van der Waals surface area contributed by atoms with Gasteiger partial charge in [-0.15, -0.1) is 0 Å². The third-order valence-corrected chi connectivity index (χ3v) is 3.10. The van der Waals surface area contributed by atoms with Gasteiger partial charge in [0.15, 0.2) is 0 Å². The van der Waals surface area contributed by atoms with E-state index in [9.17, 15) is 0 Å². The van der Waals surface area contributed by atoms with Crippen LogP contribution in [0.25, 0.3) is 0 Å². The van der Waals surface area contributed by atoms with Gasteiger partial charge in [-0.25, -0.2) is 0 Å². The third kappa shape index (κ3) is 4.22. The molecule has 18 heavy (non-hydrogen) atoms. The largest absolute Gasteiger partial charge is 0.496 e. The summed E-state index contributed by atoms with van der Waals surface area (Å²) in [6.45, 7) is 5.48. The first-order chi connectivity index (χ1) is 8.72. The molecule has 1 rings (SSSR count). The van der Waals surface area contributed by atoms with E-state index >= 15 is 0 Å². The molecule has 0 aliphatic heterocycles. The summed E-state index contributed by atoms with van der Waals surface area (Å²) in [7, 11) is 3.41. The number of methoxy groups -OCH3 is 2. The zero-order valence-electron chi connectivity index (χ0n) is 12.0. The van der Waals surface area contributed by atoms with E-state index in [0.717, 1.165) is 36.4 Å². The van der Waals surface area contributed by atoms with Crippen LogP contribution in [0.5, 0.6) is 11.5 Å². The summed E-state index contributed by atoms with van der Waals surface area (Å²) < 4.78 is 10.8. The van der Waals surface area contributed by atoms with Gasteiger partial charge in [0, 0.05) is 11.6 Å². The molecule has 1 unspecified atom stereocenters. The first-order valence-electron chi connectivity index (χ1n) is 6.66. The van der Waals surface area contributed by atoms with Crippen LogP contribution in [0.15, 0.2) is 18.2 Å². The highest BCUT2D eigenvalue weighted by molar-refractivity contribution is 5.44. The predicted molar refractivity (Wildman–Crippen MR) is 75.6 cm³/mol. The smallest absolute Gasteiger partial charge is 0.125 e. The molecule has 1 atom stereocenters. The molecule has 0 saturated heterocycles. The molecular formula is C15H25NO2. The van der Waals surface area contributed by atoms with Crippen molar-refractivity contribution in [3.05, 3.63) is 23.8 Å². The molecule has 0 aliphatic carbocycles. The van der Waals surface area contributed by atoms with Gasteiger partial charge in [0.25, 0.3) is 0 Å². The minimum atomic E-state index is 0.513. The highest BCUT2D eigenvalue weighted by atomic mass is 16.5. The lowest BCUT2D eigenvalue weighted by Crippen LogP contribution is -2.27. The molecule has 0 radical (unpaired) electrons. The number of benzene rings is 1. The molecule has 3 nitrogen and oxygen atoms in total. The summed E-state index contributed by atoms with van der Waals surface area (Å²) in [5, 5.41) is 3.50. The summed E-state index contributed by atoms with van der Waals surface area (Å²) in [6, 6.07) is 6.45. The Morgan fingerprint density at radius 2 is 1.78 bits per heavy atom. The number of ether oxygens (including phenoxy) is 2. The second-order valence-electron chi connectivity index (χ2n) is 4.53. The molecule has 0 bridgehead atoms. The van der Waals surface area contributed by atoms with Gasteiger partial charge < -0.3 is 14.8 Å².